The first-order chi connectivity index (χ1) is 13.4. The molecule has 3 aromatic carbocycles. The Labute approximate surface area is 174 Å². The molecule has 1 aromatic heterocycles. The second-order valence-electron chi connectivity index (χ2n) is 6.23. The number of thioether (sulfide) groups is 1. The molecule has 0 saturated heterocycles. The Kier molecular flexibility index (Phi) is 7.42. The van der Waals surface area contributed by atoms with Gasteiger partial charge in [0.05, 0.1) is 5.69 Å². The maximum absolute atomic E-state index is 4.14. The molecule has 144 valence electrons. The summed E-state index contributed by atoms with van der Waals surface area (Å²) in [6.07, 6.45) is 1.05. The number of fused-ring (bicyclic) bond motifs is 1. The summed E-state index contributed by atoms with van der Waals surface area (Å²) in [5.41, 5.74) is 2.33. The zero-order valence-corrected chi connectivity index (χ0v) is 16.9. The third-order valence-corrected chi connectivity index (χ3v) is 5.37. The molecule has 7 heteroatoms. The summed E-state index contributed by atoms with van der Waals surface area (Å²) in [5, 5.41) is 19.0. The second-order valence-corrected chi connectivity index (χ2v) is 7.29. The van der Waals surface area contributed by atoms with Crippen LogP contribution < -0.4 is 17.7 Å². The van der Waals surface area contributed by atoms with Crippen LogP contribution in [0.15, 0.2) is 78.0 Å². The minimum atomic E-state index is 0. The number of tetrazole rings is 1. The zero-order chi connectivity index (χ0) is 18.3. The van der Waals surface area contributed by atoms with Crippen LogP contribution in [0.4, 0.5) is 0 Å². The van der Waals surface area contributed by atoms with Crippen LogP contribution in [0.1, 0.15) is 12.0 Å². The monoisotopic (exact) mass is 410 g/mol. The minimum absolute atomic E-state index is 0. The lowest BCUT2D eigenvalue weighted by Gasteiger charge is -2.08. The molecule has 0 amide bonds. The maximum Gasteiger partial charge on any atom is 0.214 e. The standard InChI is InChI=1S/C21H21N5S.ClH/c1-2-11-19(12-3-1)26-21(23-24-25-26)27-15-7-14-22-16-18-10-6-9-17-8-4-5-13-20(17)18;/h1-6,8-13,22H,7,14-16H2;1H/p-1. The van der Waals surface area contributed by atoms with E-state index in [9.17, 15) is 0 Å². The van der Waals surface area contributed by atoms with Gasteiger partial charge >= 0.3 is 0 Å². The van der Waals surface area contributed by atoms with Crippen molar-refractivity contribution in [3.8, 4) is 5.69 Å². The summed E-state index contributed by atoms with van der Waals surface area (Å²) in [6, 6.07) is 25.0. The van der Waals surface area contributed by atoms with Gasteiger partial charge in [-0.3, -0.25) is 0 Å². The molecule has 0 aliphatic heterocycles. The first-order valence-corrected chi connectivity index (χ1v) is 10.0. The Bertz CT molecular complexity index is 1000. The Morgan fingerprint density at radius 3 is 2.57 bits per heavy atom. The van der Waals surface area contributed by atoms with Crippen molar-refractivity contribution in [1.82, 2.24) is 25.5 Å². The van der Waals surface area contributed by atoms with Crippen LogP contribution in [0.25, 0.3) is 16.5 Å². The second kappa shape index (κ2) is 10.2. The molecule has 0 bridgehead atoms. The van der Waals surface area contributed by atoms with E-state index < -0.39 is 0 Å². The van der Waals surface area contributed by atoms with E-state index >= 15 is 0 Å². The van der Waals surface area contributed by atoms with E-state index in [1.807, 2.05) is 30.3 Å². The molecular weight excluding hydrogens is 390 g/mol. The average Bonchev–Trinajstić information content (AvgIpc) is 3.20. The van der Waals surface area contributed by atoms with Crippen molar-refractivity contribution in [2.24, 2.45) is 0 Å². The largest absolute Gasteiger partial charge is 1.00 e. The van der Waals surface area contributed by atoms with Crippen LogP contribution in [-0.2, 0) is 6.54 Å². The van der Waals surface area contributed by atoms with Crippen LogP contribution in [0, 0.1) is 0 Å². The molecule has 4 aromatic rings. The van der Waals surface area contributed by atoms with Crippen molar-refractivity contribution in [1.29, 1.82) is 0 Å². The van der Waals surface area contributed by atoms with Gasteiger partial charge in [0, 0.05) is 12.3 Å². The highest BCUT2D eigenvalue weighted by molar-refractivity contribution is 7.99. The molecular formula is C21H21ClN5S-. The van der Waals surface area contributed by atoms with Gasteiger partial charge in [-0.15, -0.1) is 5.10 Å². The molecule has 1 heterocycles. The van der Waals surface area contributed by atoms with Gasteiger partial charge in [0.1, 0.15) is 0 Å². The average molecular weight is 411 g/mol. The first kappa shape index (κ1) is 20.3. The van der Waals surface area contributed by atoms with Crippen LogP contribution in [0.3, 0.4) is 0 Å². The number of halogens is 1. The normalized spacial score (nSPS) is 10.7. The van der Waals surface area contributed by atoms with Gasteiger partial charge in [0.25, 0.3) is 0 Å². The van der Waals surface area contributed by atoms with Crippen molar-refractivity contribution in [2.45, 2.75) is 18.1 Å². The van der Waals surface area contributed by atoms with E-state index in [1.54, 1.807) is 16.4 Å². The van der Waals surface area contributed by atoms with E-state index in [0.717, 1.165) is 36.1 Å². The van der Waals surface area contributed by atoms with Crippen LogP contribution in [-0.4, -0.2) is 32.5 Å². The molecule has 1 N–H and O–H groups in total. The molecule has 0 saturated carbocycles. The van der Waals surface area contributed by atoms with Crippen molar-refractivity contribution in [3.05, 3.63) is 78.4 Å². The molecule has 0 unspecified atom stereocenters. The molecule has 5 nitrogen and oxygen atoms in total. The molecule has 0 radical (unpaired) electrons. The Hall–Kier alpha value is -2.41. The van der Waals surface area contributed by atoms with E-state index in [4.69, 9.17) is 0 Å². The minimum Gasteiger partial charge on any atom is -1.00 e. The fraction of sp³-hybridized carbons (Fsp3) is 0.190. The smallest absolute Gasteiger partial charge is 0.214 e. The molecule has 4 rings (SSSR count). The summed E-state index contributed by atoms with van der Waals surface area (Å²) in [4.78, 5) is 0. The number of hydrogen-bond donors (Lipinski definition) is 1. The lowest BCUT2D eigenvalue weighted by atomic mass is 10.0. The highest BCUT2D eigenvalue weighted by Gasteiger charge is 2.08. The number of rotatable bonds is 8. The van der Waals surface area contributed by atoms with Crippen molar-refractivity contribution in [3.63, 3.8) is 0 Å². The van der Waals surface area contributed by atoms with Gasteiger partial charge in [0.15, 0.2) is 0 Å². The van der Waals surface area contributed by atoms with Gasteiger partial charge in [-0.25, -0.2) is 0 Å². The number of benzene rings is 3. The third kappa shape index (κ3) is 4.90. The molecule has 28 heavy (non-hydrogen) atoms. The number of nitrogens with one attached hydrogen (secondary N) is 1. The van der Waals surface area contributed by atoms with Gasteiger partial charge in [-0.1, -0.05) is 72.4 Å². The van der Waals surface area contributed by atoms with E-state index in [-0.39, 0.29) is 12.4 Å². The SMILES string of the molecule is [Cl-].c1ccc(-n2nnnc2SCCCNCc2cccc3ccccc23)cc1. The first-order valence-electron chi connectivity index (χ1n) is 9.06. The molecule has 0 fully saturated rings. The molecule has 0 spiro atoms. The number of para-hydroxylation sites is 1. The van der Waals surface area contributed by atoms with Crippen molar-refractivity contribution >= 4 is 22.5 Å². The molecule has 0 atom stereocenters. The molecule has 0 aliphatic rings. The third-order valence-electron chi connectivity index (χ3n) is 4.37. The quantitative estimate of drug-likeness (QED) is 0.348. The predicted octanol–water partition coefficient (Wildman–Crippen LogP) is 1.09. The van der Waals surface area contributed by atoms with E-state index in [0.29, 0.717) is 0 Å². The summed E-state index contributed by atoms with van der Waals surface area (Å²) >= 11 is 1.68. The summed E-state index contributed by atoms with van der Waals surface area (Å²) < 4.78 is 1.79. The highest BCUT2D eigenvalue weighted by atomic mass is 35.5. The van der Waals surface area contributed by atoms with E-state index in [1.165, 1.54) is 16.3 Å². The number of nitrogens with zero attached hydrogens (tertiary/aromatic N) is 4. The fourth-order valence-corrected chi connectivity index (χ4v) is 3.86. The van der Waals surface area contributed by atoms with Crippen LogP contribution in [0.2, 0.25) is 0 Å². The predicted molar refractivity (Wildman–Crippen MR) is 110 cm³/mol. The fourth-order valence-electron chi connectivity index (χ4n) is 3.03. The Morgan fingerprint density at radius 1 is 0.893 bits per heavy atom. The highest BCUT2D eigenvalue weighted by Crippen LogP contribution is 2.19. The number of hydrogen-bond acceptors (Lipinski definition) is 5. The Balaban J connectivity index is 0.00000225. The lowest BCUT2D eigenvalue weighted by Crippen LogP contribution is -3.00. The van der Waals surface area contributed by atoms with Crippen molar-refractivity contribution < 1.29 is 12.4 Å². The van der Waals surface area contributed by atoms with Crippen molar-refractivity contribution in [2.75, 3.05) is 12.3 Å². The molecule has 0 aliphatic carbocycles. The number of aromatic nitrogens is 4. The van der Waals surface area contributed by atoms with E-state index in [2.05, 4.69) is 63.3 Å². The van der Waals surface area contributed by atoms with Crippen LogP contribution >= 0.6 is 11.8 Å². The van der Waals surface area contributed by atoms with Gasteiger partial charge in [0.2, 0.25) is 5.16 Å². The topological polar surface area (TPSA) is 55.6 Å². The zero-order valence-electron chi connectivity index (χ0n) is 15.3. The van der Waals surface area contributed by atoms with Gasteiger partial charge in [-0.05, 0) is 51.9 Å². The van der Waals surface area contributed by atoms with Crippen LogP contribution in [0.5, 0.6) is 0 Å². The Morgan fingerprint density at radius 2 is 1.68 bits per heavy atom. The summed E-state index contributed by atoms with van der Waals surface area (Å²) in [7, 11) is 0. The maximum atomic E-state index is 4.14. The van der Waals surface area contributed by atoms with Gasteiger partial charge in [-0.2, -0.15) is 4.68 Å². The summed E-state index contributed by atoms with van der Waals surface area (Å²) in [5.74, 6) is 0.968. The van der Waals surface area contributed by atoms with Gasteiger partial charge < -0.3 is 17.7 Å². The summed E-state index contributed by atoms with van der Waals surface area (Å²) in [6.45, 7) is 1.84. The lowest BCUT2D eigenvalue weighted by molar-refractivity contribution is -0.00000546.